The van der Waals surface area contributed by atoms with Crippen LogP contribution < -0.4 is 11.1 Å². The molecule has 0 bridgehead atoms. The maximum absolute atomic E-state index is 11.4. The Labute approximate surface area is 91.5 Å². The maximum atomic E-state index is 11.4. The van der Waals surface area contributed by atoms with E-state index in [1.807, 2.05) is 13.8 Å². The number of hydrogen-bond donors (Lipinski definition) is 3. The topological polar surface area (TPSA) is 75.4 Å². The molecule has 1 amide bonds. The van der Waals surface area contributed by atoms with Gasteiger partial charge in [-0.25, -0.2) is 0 Å². The normalized spacial score (nSPS) is 13.3. The number of nitrogens with one attached hydrogen (secondary N) is 1. The highest BCUT2D eigenvalue weighted by Gasteiger charge is 2.19. The smallest absolute Gasteiger partial charge is 0.237 e. The molecular formula is C11H22N2O2. The largest absolute Gasteiger partial charge is 0.396 e. The summed E-state index contributed by atoms with van der Waals surface area (Å²) in [7, 11) is 0. The molecule has 0 aliphatic rings. The number of rotatable bonds is 7. The molecule has 0 rings (SSSR count). The van der Waals surface area contributed by atoms with Crippen molar-refractivity contribution in [1.29, 1.82) is 0 Å². The van der Waals surface area contributed by atoms with Crippen molar-refractivity contribution in [3.8, 4) is 0 Å². The van der Waals surface area contributed by atoms with Crippen molar-refractivity contribution in [2.45, 2.75) is 32.7 Å². The summed E-state index contributed by atoms with van der Waals surface area (Å²) in [6.45, 7) is 8.16. The summed E-state index contributed by atoms with van der Waals surface area (Å²) >= 11 is 0. The summed E-state index contributed by atoms with van der Waals surface area (Å²) in [5, 5.41) is 11.6. The molecular weight excluding hydrogens is 192 g/mol. The average molecular weight is 214 g/mol. The van der Waals surface area contributed by atoms with Gasteiger partial charge in [0.25, 0.3) is 0 Å². The minimum Gasteiger partial charge on any atom is -0.396 e. The Morgan fingerprint density at radius 2 is 2.27 bits per heavy atom. The highest BCUT2D eigenvalue weighted by atomic mass is 16.3. The van der Waals surface area contributed by atoms with Gasteiger partial charge in [0.1, 0.15) is 0 Å². The third-order valence-electron chi connectivity index (χ3n) is 2.29. The van der Waals surface area contributed by atoms with E-state index in [9.17, 15) is 4.79 Å². The van der Waals surface area contributed by atoms with Crippen LogP contribution in [-0.4, -0.2) is 30.2 Å². The summed E-state index contributed by atoms with van der Waals surface area (Å²) in [5.74, 6) is -0.166. The Morgan fingerprint density at radius 1 is 1.67 bits per heavy atom. The first-order chi connectivity index (χ1) is 6.93. The van der Waals surface area contributed by atoms with Gasteiger partial charge in [-0.3, -0.25) is 4.79 Å². The Hall–Kier alpha value is -0.870. The van der Waals surface area contributed by atoms with Crippen LogP contribution in [0.1, 0.15) is 26.7 Å². The molecule has 0 spiro atoms. The molecule has 4 N–H and O–H groups in total. The van der Waals surface area contributed by atoms with E-state index in [0.29, 0.717) is 19.4 Å². The molecule has 4 nitrogen and oxygen atoms in total. The van der Waals surface area contributed by atoms with Crippen molar-refractivity contribution in [2.75, 3.05) is 13.2 Å². The van der Waals surface area contributed by atoms with Gasteiger partial charge in [0.2, 0.25) is 5.91 Å². The van der Waals surface area contributed by atoms with Crippen LogP contribution in [0.15, 0.2) is 12.7 Å². The molecule has 0 aromatic carbocycles. The van der Waals surface area contributed by atoms with E-state index in [0.717, 1.165) is 0 Å². The third kappa shape index (κ3) is 6.25. The van der Waals surface area contributed by atoms with Crippen LogP contribution in [-0.2, 0) is 4.79 Å². The fourth-order valence-electron chi connectivity index (χ4n) is 1.14. The fourth-order valence-corrected chi connectivity index (χ4v) is 1.14. The van der Waals surface area contributed by atoms with Crippen LogP contribution in [0.3, 0.4) is 0 Å². The molecule has 1 atom stereocenters. The van der Waals surface area contributed by atoms with Crippen molar-refractivity contribution in [3.63, 3.8) is 0 Å². The molecule has 88 valence electrons. The second-order valence-electron chi connectivity index (χ2n) is 4.49. The van der Waals surface area contributed by atoms with Crippen molar-refractivity contribution in [1.82, 2.24) is 5.32 Å². The summed E-state index contributed by atoms with van der Waals surface area (Å²) < 4.78 is 0. The molecule has 0 saturated heterocycles. The lowest BCUT2D eigenvalue weighted by Gasteiger charge is -2.24. The number of aliphatic hydroxyl groups is 1. The summed E-state index contributed by atoms with van der Waals surface area (Å²) in [6.07, 6.45) is 2.76. The lowest BCUT2D eigenvalue weighted by atomic mass is 9.89. The van der Waals surface area contributed by atoms with Gasteiger partial charge in [-0.05, 0) is 18.3 Å². The van der Waals surface area contributed by atoms with E-state index in [2.05, 4.69) is 11.9 Å². The van der Waals surface area contributed by atoms with Crippen LogP contribution in [0.25, 0.3) is 0 Å². The van der Waals surface area contributed by atoms with Gasteiger partial charge >= 0.3 is 0 Å². The van der Waals surface area contributed by atoms with Crippen LogP contribution in [0.4, 0.5) is 0 Å². The molecule has 15 heavy (non-hydrogen) atoms. The zero-order valence-corrected chi connectivity index (χ0v) is 9.62. The first kappa shape index (κ1) is 14.1. The Morgan fingerprint density at radius 3 is 2.73 bits per heavy atom. The van der Waals surface area contributed by atoms with Gasteiger partial charge in [0.05, 0.1) is 6.04 Å². The van der Waals surface area contributed by atoms with Gasteiger partial charge < -0.3 is 16.2 Å². The van der Waals surface area contributed by atoms with Gasteiger partial charge in [0.15, 0.2) is 0 Å². The van der Waals surface area contributed by atoms with Crippen LogP contribution >= 0.6 is 0 Å². The number of carbonyl (C=O) groups excluding carboxylic acids is 1. The minimum absolute atomic E-state index is 0.0989. The molecule has 0 aromatic heterocycles. The molecule has 0 fully saturated rings. The van der Waals surface area contributed by atoms with E-state index in [1.54, 1.807) is 6.08 Å². The van der Waals surface area contributed by atoms with Gasteiger partial charge in [-0.2, -0.15) is 0 Å². The predicted molar refractivity (Wildman–Crippen MR) is 61.3 cm³/mol. The average Bonchev–Trinajstić information content (AvgIpc) is 2.14. The van der Waals surface area contributed by atoms with Gasteiger partial charge in [-0.1, -0.05) is 19.9 Å². The van der Waals surface area contributed by atoms with E-state index >= 15 is 0 Å². The highest BCUT2D eigenvalue weighted by molar-refractivity contribution is 5.81. The second kappa shape index (κ2) is 6.58. The lowest BCUT2D eigenvalue weighted by molar-refractivity contribution is -0.122. The molecule has 0 heterocycles. The molecule has 0 saturated carbocycles. The fraction of sp³-hybridized carbons (Fsp3) is 0.727. The number of carbonyl (C=O) groups is 1. The van der Waals surface area contributed by atoms with E-state index < -0.39 is 6.04 Å². The zero-order chi connectivity index (χ0) is 11.9. The van der Waals surface area contributed by atoms with Crippen molar-refractivity contribution < 1.29 is 9.90 Å². The molecule has 0 aliphatic heterocycles. The predicted octanol–water partition coefficient (Wildman–Crippen LogP) is 0.415. The van der Waals surface area contributed by atoms with Crippen LogP contribution in [0.2, 0.25) is 0 Å². The number of aliphatic hydroxyl groups excluding tert-OH is 1. The van der Waals surface area contributed by atoms with Crippen molar-refractivity contribution >= 4 is 5.91 Å². The van der Waals surface area contributed by atoms with Gasteiger partial charge in [0, 0.05) is 13.2 Å². The quantitative estimate of drug-likeness (QED) is 0.537. The second-order valence-corrected chi connectivity index (χ2v) is 4.49. The first-order valence-corrected chi connectivity index (χ1v) is 5.18. The van der Waals surface area contributed by atoms with E-state index in [4.69, 9.17) is 10.8 Å². The molecule has 0 aliphatic carbocycles. The molecule has 0 radical (unpaired) electrons. The molecule has 4 heteroatoms. The lowest BCUT2D eigenvalue weighted by Crippen LogP contribution is -2.44. The van der Waals surface area contributed by atoms with E-state index in [1.165, 1.54) is 0 Å². The SMILES string of the molecule is C=CCC(N)C(=O)NCC(C)(C)CCO. The van der Waals surface area contributed by atoms with Gasteiger partial charge in [-0.15, -0.1) is 6.58 Å². The standard InChI is InChI=1S/C11H22N2O2/c1-4-5-9(12)10(15)13-8-11(2,3)6-7-14/h4,9,14H,1,5-8,12H2,2-3H3,(H,13,15). The van der Waals surface area contributed by atoms with Crippen LogP contribution in [0, 0.1) is 5.41 Å². The zero-order valence-electron chi connectivity index (χ0n) is 9.62. The monoisotopic (exact) mass is 214 g/mol. The van der Waals surface area contributed by atoms with Crippen molar-refractivity contribution in [3.05, 3.63) is 12.7 Å². The van der Waals surface area contributed by atoms with Crippen LogP contribution in [0.5, 0.6) is 0 Å². The summed E-state index contributed by atoms with van der Waals surface area (Å²) in [5.41, 5.74) is 5.50. The Kier molecular flexibility index (Phi) is 6.20. The third-order valence-corrected chi connectivity index (χ3v) is 2.29. The number of nitrogens with two attached hydrogens (primary N) is 1. The maximum Gasteiger partial charge on any atom is 0.237 e. The molecule has 1 unspecified atom stereocenters. The highest BCUT2D eigenvalue weighted by Crippen LogP contribution is 2.17. The van der Waals surface area contributed by atoms with Crippen molar-refractivity contribution in [2.24, 2.45) is 11.1 Å². The first-order valence-electron chi connectivity index (χ1n) is 5.18. The Bertz CT molecular complexity index is 215. The van der Waals surface area contributed by atoms with E-state index in [-0.39, 0.29) is 17.9 Å². The molecule has 0 aromatic rings. The summed E-state index contributed by atoms with van der Waals surface area (Å²) in [4.78, 5) is 11.4. The number of hydrogen-bond acceptors (Lipinski definition) is 3. The number of amides is 1. The minimum atomic E-state index is -0.521. The summed E-state index contributed by atoms with van der Waals surface area (Å²) in [6, 6.07) is -0.521. The Balaban J connectivity index is 3.93.